The summed E-state index contributed by atoms with van der Waals surface area (Å²) in [7, 11) is 0. The van der Waals surface area contributed by atoms with E-state index in [0.29, 0.717) is 5.92 Å². The van der Waals surface area contributed by atoms with Crippen LogP contribution in [0.1, 0.15) is 50.7 Å². The molecular weight excluding hydrogens is 192 g/mol. The summed E-state index contributed by atoms with van der Waals surface area (Å²) in [5.41, 5.74) is 0.673. The highest BCUT2D eigenvalue weighted by Crippen LogP contribution is 2.28. The van der Waals surface area contributed by atoms with Crippen LogP contribution in [0.2, 0.25) is 0 Å². The molecule has 0 bridgehead atoms. The van der Waals surface area contributed by atoms with E-state index in [0.717, 1.165) is 17.1 Å². The second-order valence-electron chi connectivity index (χ2n) is 4.12. The van der Waals surface area contributed by atoms with Crippen LogP contribution >= 0.6 is 11.3 Å². The molecule has 1 rings (SSSR count). The molecule has 1 atom stereocenters. The minimum atomic E-state index is -0.448. The fourth-order valence-corrected chi connectivity index (χ4v) is 2.07. The van der Waals surface area contributed by atoms with E-state index in [1.54, 1.807) is 11.3 Å². The van der Waals surface area contributed by atoms with Crippen LogP contribution in [0.5, 0.6) is 0 Å². The molecule has 0 amide bonds. The van der Waals surface area contributed by atoms with Crippen molar-refractivity contribution in [3.05, 3.63) is 16.1 Å². The minimum Gasteiger partial charge on any atom is -0.244 e. The van der Waals surface area contributed by atoms with E-state index < -0.39 is 5.41 Å². The molecule has 76 valence electrons. The van der Waals surface area contributed by atoms with E-state index in [2.05, 4.69) is 30.3 Å². The molecule has 0 aliphatic carbocycles. The topological polar surface area (TPSA) is 36.7 Å². The van der Waals surface area contributed by atoms with Crippen molar-refractivity contribution in [1.82, 2.24) is 4.98 Å². The van der Waals surface area contributed by atoms with Crippen molar-refractivity contribution in [2.45, 2.75) is 45.4 Å². The zero-order valence-electron chi connectivity index (χ0n) is 9.16. The molecule has 1 aromatic rings. The van der Waals surface area contributed by atoms with E-state index in [9.17, 15) is 0 Å². The summed E-state index contributed by atoms with van der Waals surface area (Å²) in [4.78, 5) is 4.52. The van der Waals surface area contributed by atoms with Crippen LogP contribution in [0.25, 0.3) is 0 Å². The first-order chi connectivity index (χ1) is 6.51. The van der Waals surface area contributed by atoms with Crippen LogP contribution in [0.3, 0.4) is 0 Å². The average molecular weight is 208 g/mol. The Morgan fingerprint density at radius 1 is 1.64 bits per heavy atom. The van der Waals surface area contributed by atoms with E-state index in [1.807, 2.05) is 13.8 Å². The maximum atomic E-state index is 8.97. The van der Waals surface area contributed by atoms with Crippen molar-refractivity contribution in [1.29, 1.82) is 5.26 Å². The van der Waals surface area contributed by atoms with Crippen LogP contribution in [-0.2, 0) is 5.41 Å². The van der Waals surface area contributed by atoms with Crippen molar-refractivity contribution in [3.63, 3.8) is 0 Å². The fraction of sp³-hybridized carbons (Fsp3) is 0.636. The fourth-order valence-electron chi connectivity index (χ4n) is 1.06. The van der Waals surface area contributed by atoms with Gasteiger partial charge in [0.25, 0.3) is 0 Å². The Balaban J connectivity index is 2.95. The van der Waals surface area contributed by atoms with E-state index in [-0.39, 0.29) is 0 Å². The monoisotopic (exact) mass is 208 g/mol. The van der Waals surface area contributed by atoms with E-state index >= 15 is 0 Å². The average Bonchev–Trinajstić information content (AvgIpc) is 2.66. The predicted octanol–water partition coefficient (Wildman–Crippen LogP) is 3.46. The number of nitriles is 1. The lowest BCUT2D eigenvalue weighted by Gasteiger charge is -2.10. The molecular formula is C11H16N2S. The molecule has 0 fully saturated rings. The van der Waals surface area contributed by atoms with Gasteiger partial charge in [-0.1, -0.05) is 13.8 Å². The Morgan fingerprint density at radius 2 is 2.29 bits per heavy atom. The standard InChI is InChI=1S/C11H16N2S/c1-5-8(2)9-6-14-10(13-9)11(3,4)7-12/h6,8H,5H2,1-4H3. The minimum absolute atomic E-state index is 0.448. The lowest BCUT2D eigenvalue weighted by molar-refractivity contribution is 0.657. The van der Waals surface area contributed by atoms with Gasteiger partial charge in [0, 0.05) is 5.38 Å². The van der Waals surface area contributed by atoms with Crippen LogP contribution in [0.4, 0.5) is 0 Å². The Hall–Kier alpha value is -0.880. The highest BCUT2D eigenvalue weighted by molar-refractivity contribution is 7.09. The first-order valence-corrected chi connectivity index (χ1v) is 5.76. The molecule has 1 aromatic heterocycles. The first kappa shape index (κ1) is 11.2. The van der Waals surface area contributed by atoms with Crippen molar-refractivity contribution in [3.8, 4) is 6.07 Å². The van der Waals surface area contributed by atoms with Crippen molar-refractivity contribution < 1.29 is 0 Å². The summed E-state index contributed by atoms with van der Waals surface area (Å²) in [6.45, 7) is 8.13. The SMILES string of the molecule is CCC(C)c1csc(C(C)(C)C#N)n1. The number of hydrogen-bond donors (Lipinski definition) is 0. The summed E-state index contributed by atoms with van der Waals surface area (Å²) in [6.07, 6.45) is 1.09. The van der Waals surface area contributed by atoms with Crippen LogP contribution < -0.4 is 0 Å². The van der Waals surface area contributed by atoms with Crippen molar-refractivity contribution in [2.75, 3.05) is 0 Å². The highest BCUT2D eigenvalue weighted by Gasteiger charge is 2.24. The molecule has 0 aliphatic heterocycles. The quantitative estimate of drug-likeness (QED) is 0.762. The van der Waals surface area contributed by atoms with Gasteiger partial charge < -0.3 is 0 Å². The molecule has 0 radical (unpaired) electrons. The van der Waals surface area contributed by atoms with Gasteiger partial charge in [0.2, 0.25) is 0 Å². The summed E-state index contributed by atoms with van der Waals surface area (Å²) in [6, 6.07) is 2.28. The third-order valence-corrected chi connectivity index (χ3v) is 3.64. The second-order valence-corrected chi connectivity index (χ2v) is 4.98. The molecule has 1 heterocycles. The number of rotatable bonds is 3. The molecule has 2 nitrogen and oxygen atoms in total. The first-order valence-electron chi connectivity index (χ1n) is 4.88. The maximum absolute atomic E-state index is 8.97. The molecule has 14 heavy (non-hydrogen) atoms. The summed E-state index contributed by atoms with van der Waals surface area (Å²) >= 11 is 1.59. The van der Waals surface area contributed by atoms with Gasteiger partial charge in [-0.15, -0.1) is 11.3 Å². The summed E-state index contributed by atoms with van der Waals surface area (Å²) < 4.78 is 0. The number of aromatic nitrogens is 1. The van der Waals surface area contributed by atoms with Gasteiger partial charge in [0.15, 0.2) is 0 Å². The van der Waals surface area contributed by atoms with E-state index in [4.69, 9.17) is 5.26 Å². The third-order valence-electron chi connectivity index (χ3n) is 2.45. The van der Waals surface area contributed by atoms with Gasteiger partial charge in [-0.25, -0.2) is 4.98 Å². The Morgan fingerprint density at radius 3 is 2.79 bits per heavy atom. The molecule has 0 spiro atoms. The van der Waals surface area contributed by atoms with Gasteiger partial charge in [0.05, 0.1) is 11.8 Å². The smallest absolute Gasteiger partial charge is 0.113 e. The van der Waals surface area contributed by atoms with E-state index in [1.165, 1.54) is 0 Å². The van der Waals surface area contributed by atoms with Crippen LogP contribution in [-0.4, -0.2) is 4.98 Å². The third kappa shape index (κ3) is 2.13. The lowest BCUT2D eigenvalue weighted by Crippen LogP contribution is -2.13. The van der Waals surface area contributed by atoms with Crippen LogP contribution in [0, 0.1) is 11.3 Å². The molecule has 0 aliphatic rings. The largest absolute Gasteiger partial charge is 0.244 e. The molecule has 3 heteroatoms. The van der Waals surface area contributed by atoms with Crippen molar-refractivity contribution in [2.24, 2.45) is 0 Å². The number of nitrogens with zero attached hydrogens (tertiary/aromatic N) is 2. The van der Waals surface area contributed by atoms with Crippen molar-refractivity contribution >= 4 is 11.3 Å². The summed E-state index contributed by atoms with van der Waals surface area (Å²) in [5, 5.41) is 12.0. The van der Waals surface area contributed by atoms with Gasteiger partial charge in [-0.2, -0.15) is 5.26 Å². The molecule has 1 unspecified atom stereocenters. The molecule has 0 saturated carbocycles. The van der Waals surface area contributed by atoms with Gasteiger partial charge in [-0.3, -0.25) is 0 Å². The Bertz CT molecular complexity index is 346. The van der Waals surface area contributed by atoms with Gasteiger partial charge in [0.1, 0.15) is 10.4 Å². The lowest BCUT2D eigenvalue weighted by atomic mass is 9.97. The molecule has 0 saturated heterocycles. The Kier molecular flexibility index (Phi) is 3.28. The number of thiazole rings is 1. The normalized spacial score (nSPS) is 13.6. The number of hydrogen-bond acceptors (Lipinski definition) is 3. The highest BCUT2D eigenvalue weighted by atomic mass is 32.1. The predicted molar refractivity (Wildman–Crippen MR) is 59.5 cm³/mol. The Labute approximate surface area is 89.6 Å². The molecule has 0 aromatic carbocycles. The second kappa shape index (κ2) is 4.10. The zero-order chi connectivity index (χ0) is 10.8. The maximum Gasteiger partial charge on any atom is 0.113 e. The van der Waals surface area contributed by atoms with Crippen LogP contribution in [0.15, 0.2) is 5.38 Å². The molecule has 0 N–H and O–H groups in total. The zero-order valence-corrected chi connectivity index (χ0v) is 9.98. The van der Waals surface area contributed by atoms with Gasteiger partial charge in [-0.05, 0) is 26.2 Å². The van der Waals surface area contributed by atoms with Gasteiger partial charge >= 0.3 is 0 Å². The summed E-state index contributed by atoms with van der Waals surface area (Å²) in [5.74, 6) is 0.495.